The SMILES string of the molecule is CCOc1ccc(-c2nc(CN3CCN(c4ccc([N+](=O)[O-])cc4)CC3)cs2)cc1. The highest BCUT2D eigenvalue weighted by atomic mass is 32.1. The summed E-state index contributed by atoms with van der Waals surface area (Å²) in [5.74, 6) is 0.879. The van der Waals surface area contributed by atoms with Gasteiger partial charge >= 0.3 is 0 Å². The Hall–Kier alpha value is -2.97. The number of thiazole rings is 1. The van der Waals surface area contributed by atoms with Crippen LogP contribution < -0.4 is 9.64 Å². The summed E-state index contributed by atoms with van der Waals surface area (Å²) in [6.45, 7) is 7.15. The summed E-state index contributed by atoms with van der Waals surface area (Å²) in [4.78, 5) is 19.9. The first-order chi connectivity index (χ1) is 14.6. The molecular formula is C22H24N4O3S. The molecule has 156 valence electrons. The molecule has 0 saturated carbocycles. The summed E-state index contributed by atoms with van der Waals surface area (Å²) >= 11 is 1.67. The van der Waals surface area contributed by atoms with Crippen LogP contribution >= 0.6 is 11.3 Å². The minimum Gasteiger partial charge on any atom is -0.494 e. The van der Waals surface area contributed by atoms with Gasteiger partial charge in [-0.1, -0.05) is 0 Å². The first-order valence-electron chi connectivity index (χ1n) is 10.0. The second kappa shape index (κ2) is 9.23. The molecule has 0 aliphatic carbocycles. The van der Waals surface area contributed by atoms with E-state index in [0.29, 0.717) is 6.61 Å². The first-order valence-corrected chi connectivity index (χ1v) is 10.9. The molecule has 0 atom stereocenters. The normalized spacial score (nSPS) is 14.6. The number of hydrogen-bond acceptors (Lipinski definition) is 7. The van der Waals surface area contributed by atoms with E-state index in [2.05, 4.69) is 27.3 Å². The zero-order valence-electron chi connectivity index (χ0n) is 16.9. The molecule has 0 radical (unpaired) electrons. The van der Waals surface area contributed by atoms with Crippen LogP contribution in [0.15, 0.2) is 53.9 Å². The Morgan fingerprint density at radius 3 is 2.40 bits per heavy atom. The van der Waals surface area contributed by atoms with E-state index < -0.39 is 0 Å². The van der Waals surface area contributed by atoms with Gasteiger partial charge in [0.25, 0.3) is 5.69 Å². The molecule has 2 heterocycles. The highest BCUT2D eigenvalue weighted by molar-refractivity contribution is 7.13. The summed E-state index contributed by atoms with van der Waals surface area (Å²) in [6, 6.07) is 14.9. The quantitative estimate of drug-likeness (QED) is 0.412. The number of nitro benzene ring substituents is 1. The van der Waals surface area contributed by atoms with Crippen LogP contribution in [0.3, 0.4) is 0 Å². The fourth-order valence-electron chi connectivity index (χ4n) is 3.55. The Labute approximate surface area is 179 Å². The number of hydrogen-bond donors (Lipinski definition) is 0. The molecule has 4 rings (SSSR count). The van der Waals surface area contributed by atoms with Gasteiger partial charge in [0, 0.05) is 61.5 Å². The lowest BCUT2D eigenvalue weighted by atomic mass is 10.2. The van der Waals surface area contributed by atoms with Gasteiger partial charge in [-0.2, -0.15) is 0 Å². The minimum absolute atomic E-state index is 0.129. The number of ether oxygens (including phenoxy) is 1. The summed E-state index contributed by atoms with van der Waals surface area (Å²) < 4.78 is 5.50. The lowest BCUT2D eigenvalue weighted by molar-refractivity contribution is -0.384. The lowest BCUT2D eigenvalue weighted by Gasteiger charge is -2.35. The fraction of sp³-hybridized carbons (Fsp3) is 0.318. The number of nitrogens with zero attached hydrogens (tertiary/aromatic N) is 4. The molecule has 3 aromatic rings. The molecule has 1 aromatic heterocycles. The van der Waals surface area contributed by atoms with Crippen molar-refractivity contribution >= 4 is 22.7 Å². The van der Waals surface area contributed by atoms with Crippen LogP contribution in [-0.4, -0.2) is 47.6 Å². The molecular weight excluding hydrogens is 400 g/mol. The highest BCUT2D eigenvalue weighted by Crippen LogP contribution is 2.27. The monoisotopic (exact) mass is 424 g/mol. The van der Waals surface area contributed by atoms with Crippen molar-refractivity contribution in [3.05, 3.63) is 69.7 Å². The summed E-state index contributed by atoms with van der Waals surface area (Å²) in [6.07, 6.45) is 0. The van der Waals surface area contributed by atoms with Crippen molar-refractivity contribution in [2.75, 3.05) is 37.7 Å². The summed E-state index contributed by atoms with van der Waals surface area (Å²) in [5, 5.41) is 14.0. The van der Waals surface area contributed by atoms with Crippen molar-refractivity contribution in [1.29, 1.82) is 0 Å². The van der Waals surface area contributed by atoms with Gasteiger partial charge in [-0.3, -0.25) is 15.0 Å². The zero-order chi connectivity index (χ0) is 20.9. The van der Waals surface area contributed by atoms with Gasteiger partial charge in [0.1, 0.15) is 10.8 Å². The summed E-state index contributed by atoms with van der Waals surface area (Å²) in [5.41, 5.74) is 3.36. The van der Waals surface area contributed by atoms with Crippen LogP contribution in [0.4, 0.5) is 11.4 Å². The highest BCUT2D eigenvalue weighted by Gasteiger charge is 2.19. The third-order valence-corrected chi connectivity index (χ3v) is 6.09. The van der Waals surface area contributed by atoms with Crippen molar-refractivity contribution in [1.82, 2.24) is 9.88 Å². The average molecular weight is 425 g/mol. The van der Waals surface area contributed by atoms with E-state index >= 15 is 0 Å². The smallest absolute Gasteiger partial charge is 0.269 e. The molecule has 0 unspecified atom stereocenters. The molecule has 7 nitrogen and oxygen atoms in total. The zero-order valence-corrected chi connectivity index (χ0v) is 17.7. The van der Waals surface area contributed by atoms with Crippen LogP contribution in [0.2, 0.25) is 0 Å². The predicted molar refractivity (Wildman–Crippen MR) is 119 cm³/mol. The Kier molecular flexibility index (Phi) is 6.25. The Morgan fingerprint density at radius 1 is 1.07 bits per heavy atom. The number of benzene rings is 2. The molecule has 0 spiro atoms. The van der Waals surface area contributed by atoms with E-state index in [1.807, 2.05) is 31.2 Å². The first kappa shape index (κ1) is 20.3. The van der Waals surface area contributed by atoms with Gasteiger partial charge in [0.2, 0.25) is 0 Å². The van der Waals surface area contributed by atoms with Crippen molar-refractivity contribution in [3.63, 3.8) is 0 Å². The second-order valence-electron chi connectivity index (χ2n) is 7.14. The van der Waals surface area contributed by atoms with E-state index in [4.69, 9.17) is 9.72 Å². The predicted octanol–water partition coefficient (Wildman–Crippen LogP) is 4.44. The van der Waals surface area contributed by atoms with E-state index in [0.717, 1.165) is 60.4 Å². The van der Waals surface area contributed by atoms with Crippen molar-refractivity contribution in [3.8, 4) is 16.3 Å². The number of rotatable bonds is 7. The van der Waals surface area contributed by atoms with Crippen LogP contribution in [0.1, 0.15) is 12.6 Å². The lowest BCUT2D eigenvalue weighted by Crippen LogP contribution is -2.46. The standard InChI is InChI=1S/C22H24N4O3S/c1-2-29-21-9-3-17(4-10-21)22-23-18(16-30-22)15-24-11-13-25(14-12-24)19-5-7-20(8-6-19)26(27)28/h3-10,16H,2,11-15H2,1H3. The number of anilines is 1. The van der Waals surface area contributed by atoms with Gasteiger partial charge in [-0.25, -0.2) is 4.98 Å². The topological polar surface area (TPSA) is 71.7 Å². The van der Waals surface area contributed by atoms with Crippen molar-refractivity contribution in [2.24, 2.45) is 0 Å². The largest absolute Gasteiger partial charge is 0.494 e. The van der Waals surface area contributed by atoms with E-state index in [1.54, 1.807) is 23.5 Å². The molecule has 2 aromatic carbocycles. The van der Waals surface area contributed by atoms with E-state index in [-0.39, 0.29) is 10.6 Å². The molecule has 1 saturated heterocycles. The Morgan fingerprint density at radius 2 is 1.77 bits per heavy atom. The number of aromatic nitrogens is 1. The van der Waals surface area contributed by atoms with E-state index in [9.17, 15) is 10.1 Å². The van der Waals surface area contributed by atoms with Gasteiger partial charge in [-0.15, -0.1) is 11.3 Å². The molecule has 0 bridgehead atoms. The van der Waals surface area contributed by atoms with Crippen molar-refractivity contribution < 1.29 is 9.66 Å². The van der Waals surface area contributed by atoms with Crippen LogP contribution in [-0.2, 0) is 6.54 Å². The fourth-order valence-corrected chi connectivity index (χ4v) is 4.37. The molecule has 0 N–H and O–H groups in total. The number of nitro groups is 1. The Bertz CT molecular complexity index is 980. The van der Waals surface area contributed by atoms with E-state index in [1.165, 1.54) is 0 Å². The van der Waals surface area contributed by atoms with Crippen molar-refractivity contribution in [2.45, 2.75) is 13.5 Å². The maximum absolute atomic E-state index is 10.8. The number of piperazine rings is 1. The molecule has 1 aliphatic rings. The third kappa shape index (κ3) is 4.77. The van der Waals surface area contributed by atoms with Gasteiger partial charge in [0.15, 0.2) is 0 Å². The molecule has 8 heteroatoms. The maximum atomic E-state index is 10.8. The summed E-state index contributed by atoms with van der Waals surface area (Å²) in [7, 11) is 0. The average Bonchev–Trinajstić information content (AvgIpc) is 3.23. The van der Waals surface area contributed by atoms with Gasteiger partial charge in [0.05, 0.1) is 17.2 Å². The molecule has 1 fully saturated rings. The van der Waals surface area contributed by atoms with Crippen LogP contribution in [0, 0.1) is 10.1 Å². The number of non-ortho nitro benzene ring substituents is 1. The minimum atomic E-state index is -0.364. The Balaban J connectivity index is 1.31. The van der Waals surface area contributed by atoms with Gasteiger partial charge in [-0.05, 0) is 43.3 Å². The molecule has 30 heavy (non-hydrogen) atoms. The maximum Gasteiger partial charge on any atom is 0.269 e. The molecule has 1 aliphatic heterocycles. The molecule has 0 amide bonds. The van der Waals surface area contributed by atoms with Crippen LogP contribution in [0.25, 0.3) is 10.6 Å². The van der Waals surface area contributed by atoms with Gasteiger partial charge < -0.3 is 9.64 Å². The van der Waals surface area contributed by atoms with Crippen LogP contribution in [0.5, 0.6) is 5.75 Å². The third-order valence-electron chi connectivity index (χ3n) is 5.15. The second-order valence-corrected chi connectivity index (χ2v) is 8.00.